The highest BCUT2D eigenvalue weighted by Gasteiger charge is 2.32. The Morgan fingerprint density at radius 2 is 1.24 bits per heavy atom. The molecule has 2 unspecified atom stereocenters. The van der Waals surface area contributed by atoms with Gasteiger partial charge in [-0.2, -0.15) is 0 Å². The number of amides is 1. The molecule has 8 heteroatoms. The van der Waals surface area contributed by atoms with Crippen molar-refractivity contribution in [1.82, 2.24) is 5.32 Å². The highest BCUT2D eigenvalue weighted by atomic mass is 16.6. The molecule has 0 aliphatic heterocycles. The van der Waals surface area contributed by atoms with Gasteiger partial charge in [0.15, 0.2) is 0 Å². The molecule has 0 fully saturated rings. The van der Waals surface area contributed by atoms with E-state index in [0.717, 1.165) is 5.56 Å². The summed E-state index contributed by atoms with van der Waals surface area (Å²) in [7, 11) is 0. The van der Waals surface area contributed by atoms with Gasteiger partial charge in [-0.3, -0.25) is 4.79 Å². The smallest absolute Gasteiger partial charge is 0.408 e. The average molecular weight is 480 g/mol. The van der Waals surface area contributed by atoms with Crippen molar-refractivity contribution in [2.24, 2.45) is 5.92 Å². The summed E-state index contributed by atoms with van der Waals surface area (Å²) in [5, 5.41) is 12.1. The molecule has 0 spiro atoms. The Kier molecular flexibility index (Phi) is 9.97. The molecule has 1 amide bonds. The number of ether oxygens (including phenoxy) is 3. The van der Waals surface area contributed by atoms with E-state index in [1.54, 1.807) is 86.6 Å². The molecule has 8 nitrogen and oxygen atoms in total. The highest BCUT2D eigenvalue weighted by Crippen LogP contribution is 2.23. The van der Waals surface area contributed by atoms with E-state index >= 15 is 0 Å². The van der Waals surface area contributed by atoms with Crippen molar-refractivity contribution >= 4 is 18.0 Å². The number of hydrogen-bond acceptors (Lipinski definition) is 7. The maximum Gasteiger partial charge on any atom is 0.408 e. The number of phenolic OH excluding ortho intramolecular Hbond substituents is 1. The van der Waals surface area contributed by atoms with Crippen molar-refractivity contribution in [3.63, 3.8) is 0 Å². The van der Waals surface area contributed by atoms with Crippen LogP contribution in [0.1, 0.15) is 80.7 Å². The molecule has 0 saturated heterocycles. The zero-order valence-corrected chi connectivity index (χ0v) is 22.0. The van der Waals surface area contributed by atoms with Crippen LogP contribution in [0.5, 0.6) is 5.75 Å². The third-order valence-electron chi connectivity index (χ3n) is 4.34. The van der Waals surface area contributed by atoms with Crippen LogP contribution >= 0.6 is 0 Å². The fourth-order valence-electron chi connectivity index (χ4n) is 3.04. The second kappa shape index (κ2) is 11.6. The number of rotatable bonds is 8. The van der Waals surface area contributed by atoms with Gasteiger partial charge in [-0.05, 0) is 99.3 Å². The lowest BCUT2D eigenvalue weighted by Gasteiger charge is -2.28. The highest BCUT2D eigenvalue weighted by molar-refractivity contribution is 5.82. The third-order valence-corrected chi connectivity index (χ3v) is 4.34. The Hall–Kier alpha value is -2.77. The first-order chi connectivity index (χ1) is 15.3. The van der Waals surface area contributed by atoms with Crippen molar-refractivity contribution in [3.05, 3.63) is 29.8 Å². The van der Waals surface area contributed by atoms with Crippen molar-refractivity contribution in [2.75, 3.05) is 0 Å². The van der Waals surface area contributed by atoms with Crippen LogP contribution in [0.15, 0.2) is 24.3 Å². The molecule has 0 aliphatic rings. The molecule has 1 aromatic rings. The van der Waals surface area contributed by atoms with Gasteiger partial charge in [0.1, 0.15) is 28.6 Å². The van der Waals surface area contributed by atoms with E-state index < -0.39 is 46.8 Å². The van der Waals surface area contributed by atoms with Gasteiger partial charge in [0.2, 0.25) is 0 Å². The number of alkyl carbamates (subject to hydrolysis) is 1. The van der Waals surface area contributed by atoms with E-state index in [1.165, 1.54) is 0 Å². The first-order valence-electron chi connectivity index (χ1n) is 11.6. The summed E-state index contributed by atoms with van der Waals surface area (Å²) in [4.78, 5) is 38.2. The molecule has 2 N–H and O–H groups in total. The van der Waals surface area contributed by atoms with E-state index in [-0.39, 0.29) is 18.6 Å². The molecule has 34 heavy (non-hydrogen) atoms. The zero-order chi connectivity index (χ0) is 26.3. The topological polar surface area (TPSA) is 111 Å². The summed E-state index contributed by atoms with van der Waals surface area (Å²) in [6, 6.07) is 5.57. The number of nitrogens with one attached hydrogen (secondary N) is 1. The predicted octanol–water partition coefficient (Wildman–Crippen LogP) is 4.91. The molecule has 192 valence electrons. The fraction of sp³-hybridized carbons (Fsp3) is 0.654. The summed E-state index contributed by atoms with van der Waals surface area (Å²) in [5.41, 5.74) is -1.33. The van der Waals surface area contributed by atoms with Gasteiger partial charge < -0.3 is 24.6 Å². The maximum absolute atomic E-state index is 13.0. The molecule has 0 heterocycles. The van der Waals surface area contributed by atoms with Crippen molar-refractivity contribution in [1.29, 1.82) is 0 Å². The van der Waals surface area contributed by atoms with E-state index in [2.05, 4.69) is 5.32 Å². The second-order valence-corrected chi connectivity index (χ2v) is 11.4. The number of esters is 2. The fourth-order valence-corrected chi connectivity index (χ4v) is 3.04. The molecule has 0 aromatic heterocycles. The molecular weight excluding hydrogens is 438 g/mol. The van der Waals surface area contributed by atoms with Crippen molar-refractivity contribution < 1.29 is 33.7 Å². The lowest BCUT2D eigenvalue weighted by Crippen LogP contribution is -2.46. The summed E-state index contributed by atoms with van der Waals surface area (Å²) >= 11 is 0. The molecule has 1 aromatic carbocycles. The van der Waals surface area contributed by atoms with E-state index in [0.29, 0.717) is 6.42 Å². The van der Waals surface area contributed by atoms with Crippen LogP contribution in [-0.2, 0) is 30.2 Å². The van der Waals surface area contributed by atoms with Crippen LogP contribution in [0.4, 0.5) is 4.79 Å². The zero-order valence-electron chi connectivity index (χ0n) is 22.0. The molecule has 0 aliphatic carbocycles. The minimum Gasteiger partial charge on any atom is -0.508 e. The normalized spacial score (nSPS) is 14.0. The molecule has 0 radical (unpaired) electrons. The largest absolute Gasteiger partial charge is 0.508 e. The second-order valence-electron chi connectivity index (χ2n) is 11.4. The van der Waals surface area contributed by atoms with Crippen LogP contribution < -0.4 is 5.32 Å². The Morgan fingerprint density at radius 3 is 1.71 bits per heavy atom. The summed E-state index contributed by atoms with van der Waals surface area (Å²) in [6.07, 6.45) is 0.0182. The predicted molar refractivity (Wildman–Crippen MR) is 129 cm³/mol. The lowest BCUT2D eigenvalue weighted by atomic mass is 9.92. The van der Waals surface area contributed by atoms with Crippen LogP contribution in [0.3, 0.4) is 0 Å². The van der Waals surface area contributed by atoms with Gasteiger partial charge in [-0.25, -0.2) is 9.59 Å². The van der Waals surface area contributed by atoms with E-state index in [1.807, 2.05) is 0 Å². The molecular formula is C26H41NO7. The average Bonchev–Trinajstić information content (AvgIpc) is 2.61. The molecule has 0 saturated carbocycles. The van der Waals surface area contributed by atoms with E-state index in [4.69, 9.17) is 14.2 Å². The molecule has 2 atom stereocenters. The summed E-state index contributed by atoms with van der Waals surface area (Å²) in [5.74, 6) is -1.45. The molecule has 1 rings (SSSR count). The van der Waals surface area contributed by atoms with Gasteiger partial charge >= 0.3 is 18.0 Å². The Morgan fingerprint density at radius 1 is 0.765 bits per heavy atom. The summed E-state index contributed by atoms with van der Waals surface area (Å²) in [6.45, 7) is 15.8. The number of benzene rings is 1. The number of aromatic hydroxyl groups is 1. The lowest BCUT2D eigenvalue weighted by molar-refractivity contribution is -0.162. The maximum atomic E-state index is 13.0. The van der Waals surface area contributed by atoms with Gasteiger partial charge in [-0.15, -0.1) is 0 Å². The summed E-state index contributed by atoms with van der Waals surface area (Å²) < 4.78 is 16.4. The number of phenols is 1. The van der Waals surface area contributed by atoms with Crippen LogP contribution in [0.25, 0.3) is 0 Å². The Labute approximate surface area is 203 Å². The standard InChI is InChI=1S/C26H41NO7/c1-24(2,3)32-21(29)18(16-17-10-13-19(28)14-11-17)12-15-20(22(30)33-25(4,5)6)27-23(31)34-26(7,8)9/h10-11,13-14,18,20,28H,12,15-16H2,1-9H3,(H,27,31). The monoisotopic (exact) mass is 479 g/mol. The number of carbonyl (C=O) groups excluding carboxylic acids is 3. The number of carbonyl (C=O) groups is 3. The molecule has 0 bridgehead atoms. The first-order valence-corrected chi connectivity index (χ1v) is 11.6. The Balaban J connectivity index is 3.07. The van der Waals surface area contributed by atoms with Crippen LogP contribution in [-0.4, -0.2) is 46.0 Å². The first kappa shape index (κ1) is 29.3. The van der Waals surface area contributed by atoms with Crippen molar-refractivity contribution in [2.45, 2.75) is 104 Å². The van der Waals surface area contributed by atoms with Crippen molar-refractivity contribution in [3.8, 4) is 5.75 Å². The van der Waals surface area contributed by atoms with Gasteiger partial charge in [-0.1, -0.05) is 12.1 Å². The minimum absolute atomic E-state index is 0.129. The Bertz CT molecular complexity index is 827. The van der Waals surface area contributed by atoms with Gasteiger partial charge in [0.05, 0.1) is 5.92 Å². The van der Waals surface area contributed by atoms with Crippen LogP contribution in [0.2, 0.25) is 0 Å². The number of hydrogen-bond donors (Lipinski definition) is 2. The van der Waals surface area contributed by atoms with Crippen LogP contribution in [0, 0.1) is 5.92 Å². The van der Waals surface area contributed by atoms with E-state index in [9.17, 15) is 19.5 Å². The third kappa shape index (κ3) is 12.5. The minimum atomic E-state index is -1.00. The van der Waals surface area contributed by atoms with Gasteiger partial charge in [0, 0.05) is 0 Å². The quantitative estimate of drug-likeness (QED) is 0.403. The SMILES string of the molecule is CC(C)(C)OC(=O)NC(CCC(Cc1ccc(O)cc1)C(=O)OC(C)(C)C)C(=O)OC(C)(C)C. The van der Waals surface area contributed by atoms with Gasteiger partial charge in [0.25, 0.3) is 0 Å².